The Hall–Kier alpha value is -2.94. The smallest absolute Gasteiger partial charge is 0.245 e. The number of hydrogen-bond donors (Lipinski definition) is 1. The van der Waals surface area contributed by atoms with E-state index in [0.717, 1.165) is 31.0 Å². The molecule has 9 nitrogen and oxygen atoms in total. The molecule has 3 heterocycles. The molecule has 142 valence electrons. The van der Waals surface area contributed by atoms with Crippen molar-refractivity contribution in [3.8, 4) is 5.75 Å². The molecule has 1 N–H and O–H groups in total. The van der Waals surface area contributed by atoms with Crippen LogP contribution in [0.2, 0.25) is 0 Å². The quantitative estimate of drug-likeness (QED) is 0.629. The summed E-state index contributed by atoms with van der Waals surface area (Å²) in [5, 5.41) is 11.0. The Morgan fingerprint density at radius 3 is 2.89 bits per heavy atom. The van der Waals surface area contributed by atoms with Crippen LogP contribution in [0, 0.1) is 0 Å². The minimum atomic E-state index is 0.190. The van der Waals surface area contributed by atoms with Gasteiger partial charge in [-0.05, 0) is 40.9 Å². The third-order valence-electron chi connectivity index (χ3n) is 4.70. The summed E-state index contributed by atoms with van der Waals surface area (Å²) in [6, 6.07) is 8.35. The Bertz CT molecular complexity index is 915. The van der Waals surface area contributed by atoms with Gasteiger partial charge in [0.05, 0.1) is 19.8 Å². The molecule has 3 aromatic rings. The number of rotatable bonds is 7. The Kier molecular flexibility index (Phi) is 5.01. The van der Waals surface area contributed by atoms with Crippen LogP contribution in [-0.4, -0.2) is 54.2 Å². The van der Waals surface area contributed by atoms with Crippen molar-refractivity contribution in [2.24, 2.45) is 0 Å². The summed E-state index contributed by atoms with van der Waals surface area (Å²) >= 11 is 0. The van der Waals surface area contributed by atoms with Gasteiger partial charge in [-0.1, -0.05) is 12.1 Å². The van der Waals surface area contributed by atoms with Crippen LogP contribution in [-0.2, 0) is 4.74 Å². The average molecular weight is 370 g/mol. The van der Waals surface area contributed by atoms with Crippen LogP contribution in [0.3, 0.4) is 0 Å². The van der Waals surface area contributed by atoms with Crippen LogP contribution >= 0.6 is 0 Å². The first-order chi connectivity index (χ1) is 13.3. The minimum absolute atomic E-state index is 0.190. The minimum Gasteiger partial charge on any atom is -0.497 e. The molecular formula is C18H22N6O3. The Morgan fingerprint density at radius 2 is 2.07 bits per heavy atom. The average Bonchev–Trinajstić information content (AvgIpc) is 3.36. The number of nitrogens with one attached hydrogen (secondary N) is 1. The van der Waals surface area contributed by atoms with Crippen LogP contribution < -0.4 is 15.0 Å². The number of methoxy groups -OCH3 is 2. The van der Waals surface area contributed by atoms with Crippen molar-refractivity contribution in [2.45, 2.75) is 18.9 Å². The molecule has 2 aromatic heterocycles. The molecule has 1 aliphatic heterocycles. The van der Waals surface area contributed by atoms with Crippen LogP contribution in [0.15, 0.2) is 28.9 Å². The molecule has 27 heavy (non-hydrogen) atoms. The fourth-order valence-corrected chi connectivity index (χ4v) is 3.44. The van der Waals surface area contributed by atoms with Crippen molar-refractivity contribution in [2.75, 3.05) is 44.1 Å². The van der Waals surface area contributed by atoms with Crippen LogP contribution in [0.25, 0.3) is 11.3 Å². The summed E-state index contributed by atoms with van der Waals surface area (Å²) in [7, 11) is 3.35. The summed E-state index contributed by atoms with van der Waals surface area (Å²) < 4.78 is 15.3. The van der Waals surface area contributed by atoms with Crippen LogP contribution in [0.5, 0.6) is 5.75 Å². The van der Waals surface area contributed by atoms with Crippen molar-refractivity contribution in [3.63, 3.8) is 0 Å². The molecule has 0 bridgehead atoms. The van der Waals surface area contributed by atoms with E-state index < -0.39 is 0 Å². The molecule has 1 saturated heterocycles. The van der Waals surface area contributed by atoms with Crippen molar-refractivity contribution in [1.29, 1.82) is 0 Å². The number of aromatic nitrogens is 4. The Balaban J connectivity index is 1.71. The highest BCUT2D eigenvalue weighted by molar-refractivity contribution is 5.74. The number of nitrogens with zero attached hydrogens (tertiary/aromatic N) is 5. The van der Waals surface area contributed by atoms with Crippen LogP contribution in [0.4, 0.5) is 11.6 Å². The SMILES string of the molecule is COCCNc1nc2nonc2nc1N1CCCC1c1cccc(OC)c1. The van der Waals surface area contributed by atoms with Gasteiger partial charge in [-0.15, -0.1) is 0 Å². The monoisotopic (exact) mass is 370 g/mol. The molecule has 1 unspecified atom stereocenters. The van der Waals surface area contributed by atoms with Gasteiger partial charge >= 0.3 is 0 Å². The molecule has 0 spiro atoms. The van der Waals surface area contributed by atoms with E-state index in [1.54, 1.807) is 14.2 Å². The van der Waals surface area contributed by atoms with Gasteiger partial charge in [-0.3, -0.25) is 0 Å². The lowest BCUT2D eigenvalue weighted by Crippen LogP contribution is -2.26. The fourth-order valence-electron chi connectivity index (χ4n) is 3.44. The molecular weight excluding hydrogens is 348 g/mol. The van der Waals surface area contributed by atoms with E-state index in [2.05, 4.69) is 42.6 Å². The molecule has 1 aromatic carbocycles. The molecule has 1 atom stereocenters. The second kappa shape index (κ2) is 7.75. The largest absolute Gasteiger partial charge is 0.497 e. The third-order valence-corrected chi connectivity index (χ3v) is 4.70. The molecule has 0 radical (unpaired) electrons. The lowest BCUT2D eigenvalue weighted by molar-refractivity contribution is 0.210. The zero-order valence-corrected chi connectivity index (χ0v) is 15.4. The summed E-state index contributed by atoms with van der Waals surface area (Å²) in [5.74, 6) is 2.25. The second-order valence-electron chi connectivity index (χ2n) is 6.35. The summed E-state index contributed by atoms with van der Waals surface area (Å²) in [5.41, 5.74) is 1.98. The zero-order valence-electron chi connectivity index (χ0n) is 15.4. The van der Waals surface area contributed by atoms with Gasteiger partial charge in [0, 0.05) is 20.2 Å². The maximum atomic E-state index is 5.39. The van der Waals surface area contributed by atoms with Gasteiger partial charge in [0.2, 0.25) is 11.3 Å². The number of benzene rings is 1. The topological polar surface area (TPSA) is 98.4 Å². The predicted octanol–water partition coefficient (Wildman–Crippen LogP) is 2.42. The van der Waals surface area contributed by atoms with Gasteiger partial charge < -0.3 is 19.7 Å². The van der Waals surface area contributed by atoms with Gasteiger partial charge in [-0.25, -0.2) is 14.6 Å². The highest BCUT2D eigenvalue weighted by Gasteiger charge is 2.30. The molecule has 1 fully saturated rings. The first kappa shape index (κ1) is 17.5. The highest BCUT2D eigenvalue weighted by Crippen LogP contribution is 2.39. The first-order valence-corrected chi connectivity index (χ1v) is 8.94. The molecule has 0 aliphatic carbocycles. The lowest BCUT2D eigenvalue weighted by atomic mass is 10.0. The normalized spacial score (nSPS) is 16.8. The maximum Gasteiger partial charge on any atom is 0.245 e. The van der Waals surface area contributed by atoms with E-state index in [1.807, 2.05) is 12.1 Å². The van der Waals surface area contributed by atoms with E-state index in [1.165, 1.54) is 5.56 Å². The lowest BCUT2D eigenvalue weighted by Gasteiger charge is -2.27. The Morgan fingerprint density at radius 1 is 1.22 bits per heavy atom. The van der Waals surface area contributed by atoms with Crippen molar-refractivity contribution in [3.05, 3.63) is 29.8 Å². The molecule has 9 heteroatoms. The summed E-state index contributed by atoms with van der Waals surface area (Å²) in [6.45, 7) is 2.06. The van der Waals surface area contributed by atoms with Crippen molar-refractivity contribution < 1.29 is 14.1 Å². The van der Waals surface area contributed by atoms with Crippen LogP contribution in [0.1, 0.15) is 24.4 Å². The molecule has 0 amide bonds. The van der Waals surface area contributed by atoms with E-state index in [4.69, 9.17) is 14.1 Å². The summed E-state index contributed by atoms with van der Waals surface area (Å²) in [4.78, 5) is 11.5. The molecule has 4 rings (SSSR count). The van der Waals surface area contributed by atoms with E-state index in [-0.39, 0.29) is 6.04 Å². The molecule has 0 saturated carbocycles. The predicted molar refractivity (Wildman–Crippen MR) is 100 cm³/mol. The van der Waals surface area contributed by atoms with Crippen molar-refractivity contribution >= 4 is 22.9 Å². The number of anilines is 2. The van der Waals surface area contributed by atoms with Gasteiger partial charge in [-0.2, -0.15) is 0 Å². The molecule has 1 aliphatic rings. The number of ether oxygens (including phenoxy) is 2. The first-order valence-electron chi connectivity index (χ1n) is 8.94. The Labute approximate surface area is 156 Å². The van der Waals surface area contributed by atoms with Crippen molar-refractivity contribution in [1.82, 2.24) is 20.3 Å². The zero-order chi connectivity index (χ0) is 18.6. The second-order valence-corrected chi connectivity index (χ2v) is 6.35. The van der Waals surface area contributed by atoms with E-state index in [9.17, 15) is 0 Å². The standard InChI is InChI=1S/C18H22N6O3/c1-25-10-8-19-17-18(21-16-15(20-17)22-27-23-16)24-9-4-7-14(24)12-5-3-6-13(11-12)26-2/h3,5-6,11,14H,4,7-10H2,1-2H3,(H,19,20,22). The van der Waals surface area contributed by atoms with Gasteiger partial charge in [0.1, 0.15) is 5.75 Å². The number of hydrogen-bond acceptors (Lipinski definition) is 9. The highest BCUT2D eigenvalue weighted by atomic mass is 16.6. The fraction of sp³-hybridized carbons (Fsp3) is 0.444. The van der Waals surface area contributed by atoms with Gasteiger partial charge in [0.25, 0.3) is 0 Å². The maximum absolute atomic E-state index is 5.39. The third kappa shape index (κ3) is 3.50. The number of fused-ring (bicyclic) bond motifs is 1. The van der Waals surface area contributed by atoms with Gasteiger partial charge in [0.15, 0.2) is 11.6 Å². The van der Waals surface area contributed by atoms with E-state index in [0.29, 0.717) is 30.3 Å². The summed E-state index contributed by atoms with van der Waals surface area (Å²) in [6.07, 6.45) is 2.09. The van der Waals surface area contributed by atoms with E-state index >= 15 is 0 Å².